The van der Waals surface area contributed by atoms with E-state index in [0.717, 1.165) is 42.3 Å². The van der Waals surface area contributed by atoms with Crippen LogP contribution in [0.4, 0.5) is 5.69 Å². The summed E-state index contributed by atoms with van der Waals surface area (Å²) in [4.78, 5) is 15.2. The zero-order valence-electron chi connectivity index (χ0n) is 18.8. The van der Waals surface area contributed by atoms with E-state index in [2.05, 4.69) is 14.9 Å². The van der Waals surface area contributed by atoms with Crippen LogP contribution in [-0.4, -0.2) is 44.1 Å². The minimum absolute atomic E-state index is 0.000400. The number of rotatable bonds is 7. The van der Waals surface area contributed by atoms with Gasteiger partial charge in [0, 0.05) is 36.5 Å². The predicted molar refractivity (Wildman–Crippen MR) is 130 cm³/mol. The van der Waals surface area contributed by atoms with Gasteiger partial charge in [0.05, 0.1) is 10.9 Å². The van der Waals surface area contributed by atoms with E-state index in [-0.39, 0.29) is 24.0 Å². The van der Waals surface area contributed by atoms with Gasteiger partial charge in [-0.15, -0.1) is 0 Å². The quantitative estimate of drug-likeness (QED) is 0.559. The average Bonchev–Trinajstić information content (AvgIpc) is 3.45. The highest BCUT2D eigenvalue weighted by Crippen LogP contribution is 2.25. The summed E-state index contributed by atoms with van der Waals surface area (Å²) in [5.74, 6) is 0.000400. The molecule has 174 valence electrons. The Kier molecular flexibility index (Phi) is 5.88. The van der Waals surface area contributed by atoms with Crippen LogP contribution >= 0.6 is 0 Å². The van der Waals surface area contributed by atoms with Crippen LogP contribution in [0, 0.1) is 0 Å². The fourth-order valence-electron chi connectivity index (χ4n) is 4.84. The Balaban J connectivity index is 1.15. The highest BCUT2D eigenvalue weighted by molar-refractivity contribution is 7.89. The van der Waals surface area contributed by atoms with Gasteiger partial charge in [0.15, 0.2) is 0 Å². The maximum atomic E-state index is 12.8. The molecule has 2 aromatic carbocycles. The number of para-hydroxylation sites is 1. The van der Waals surface area contributed by atoms with E-state index in [4.69, 9.17) is 0 Å². The number of benzene rings is 2. The molecule has 3 aromatic rings. The number of fused-ring (bicyclic) bond motifs is 1. The Labute approximate surface area is 194 Å². The topological polar surface area (TPSA) is 83.4 Å². The lowest BCUT2D eigenvalue weighted by atomic mass is 10.1. The van der Waals surface area contributed by atoms with Gasteiger partial charge in [0.2, 0.25) is 15.9 Å². The summed E-state index contributed by atoms with van der Waals surface area (Å²) in [7, 11) is -3.48. The van der Waals surface area contributed by atoms with Gasteiger partial charge in [-0.3, -0.25) is 4.79 Å². The lowest BCUT2D eigenvalue weighted by Crippen LogP contribution is -2.60. The smallest absolute Gasteiger partial charge is 0.243 e. The first-order valence-electron chi connectivity index (χ1n) is 11.6. The summed E-state index contributed by atoms with van der Waals surface area (Å²) in [5, 5.41) is 4.26. The Bertz CT molecular complexity index is 1240. The highest BCUT2D eigenvalue weighted by Gasteiger charge is 2.30. The minimum atomic E-state index is -3.48. The largest absolute Gasteiger partial charge is 0.367 e. The van der Waals surface area contributed by atoms with E-state index >= 15 is 0 Å². The number of amides is 1. The monoisotopic (exact) mass is 466 g/mol. The molecule has 0 bridgehead atoms. The van der Waals surface area contributed by atoms with Gasteiger partial charge >= 0.3 is 0 Å². The lowest BCUT2D eigenvalue weighted by Gasteiger charge is -2.41. The summed E-state index contributed by atoms with van der Waals surface area (Å²) in [6.07, 6.45) is 5.95. The Morgan fingerprint density at radius 3 is 2.39 bits per heavy atom. The molecule has 8 heteroatoms. The Morgan fingerprint density at radius 2 is 1.67 bits per heavy atom. The van der Waals surface area contributed by atoms with Crippen molar-refractivity contribution in [2.45, 2.75) is 55.6 Å². The molecule has 1 aliphatic heterocycles. The second-order valence-corrected chi connectivity index (χ2v) is 10.9. The summed E-state index contributed by atoms with van der Waals surface area (Å²) in [5.41, 5.74) is 2.01. The van der Waals surface area contributed by atoms with E-state index in [1.165, 1.54) is 0 Å². The number of carbonyl (C=O) groups is 1. The van der Waals surface area contributed by atoms with Crippen molar-refractivity contribution >= 4 is 32.5 Å². The molecule has 7 nitrogen and oxygen atoms in total. The van der Waals surface area contributed by atoms with Crippen molar-refractivity contribution in [1.29, 1.82) is 0 Å². The molecule has 2 N–H and O–H groups in total. The van der Waals surface area contributed by atoms with Gasteiger partial charge < -0.3 is 14.8 Å². The van der Waals surface area contributed by atoms with Crippen molar-refractivity contribution in [3.05, 3.63) is 60.8 Å². The zero-order valence-corrected chi connectivity index (χ0v) is 19.6. The van der Waals surface area contributed by atoms with Crippen LogP contribution in [0.25, 0.3) is 10.9 Å². The molecule has 33 heavy (non-hydrogen) atoms. The van der Waals surface area contributed by atoms with E-state index in [0.29, 0.717) is 18.0 Å². The van der Waals surface area contributed by atoms with E-state index in [9.17, 15) is 13.2 Å². The highest BCUT2D eigenvalue weighted by atomic mass is 32.2. The molecule has 1 aromatic heterocycles. The molecule has 5 rings (SSSR count). The minimum Gasteiger partial charge on any atom is -0.367 e. The van der Waals surface area contributed by atoms with Crippen LogP contribution in [0.5, 0.6) is 0 Å². The zero-order chi connectivity index (χ0) is 23.0. The Hall–Kier alpha value is -2.84. The van der Waals surface area contributed by atoms with Gasteiger partial charge in [-0.2, -0.15) is 0 Å². The average molecular weight is 467 g/mol. The first-order valence-corrected chi connectivity index (χ1v) is 13.1. The fraction of sp³-hybridized carbons (Fsp3) is 0.400. The number of hydrogen-bond donors (Lipinski definition) is 2. The van der Waals surface area contributed by atoms with Gasteiger partial charge in [0.25, 0.3) is 0 Å². The van der Waals surface area contributed by atoms with Crippen LogP contribution in [0.1, 0.15) is 38.6 Å². The maximum absolute atomic E-state index is 12.8. The number of anilines is 1. The molecule has 2 aliphatic rings. The molecule has 0 radical (unpaired) electrons. The number of sulfonamides is 1. The third-order valence-electron chi connectivity index (χ3n) is 6.84. The van der Waals surface area contributed by atoms with Crippen molar-refractivity contribution in [3.8, 4) is 0 Å². The van der Waals surface area contributed by atoms with E-state index in [1.54, 1.807) is 12.1 Å². The second-order valence-electron chi connectivity index (χ2n) is 9.16. The normalized spacial score (nSPS) is 18.4. The van der Waals surface area contributed by atoms with Gasteiger partial charge in [-0.05, 0) is 61.5 Å². The third-order valence-corrected chi connectivity index (χ3v) is 8.38. The van der Waals surface area contributed by atoms with Crippen molar-refractivity contribution in [2.24, 2.45) is 0 Å². The first-order chi connectivity index (χ1) is 15.9. The maximum Gasteiger partial charge on any atom is 0.243 e. The van der Waals surface area contributed by atoms with Crippen molar-refractivity contribution in [1.82, 2.24) is 14.6 Å². The predicted octanol–water partition coefficient (Wildman–Crippen LogP) is 3.43. The first kappa shape index (κ1) is 22.0. The molecule has 1 atom stereocenters. The van der Waals surface area contributed by atoms with Crippen molar-refractivity contribution in [3.63, 3.8) is 0 Å². The summed E-state index contributed by atoms with van der Waals surface area (Å²) < 4.78 is 30.0. The van der Waals surface area contributed by atoms with Gasteiger partial charge in [0.1, 0.15) is 6.04 Å². The number of aromatic nitrogens is 1. The molecule has 1 amide bonds. The molecular formula is C25H30N4O3S. The molecule has 0 spiro atoms. The van der Waals surface area contributed by atoms with Crippen LogP contribution in [0.15, 0.2) is 65.7 Å². The van der Waals surface area contributed by atoms with Crippen LogP contribution in [-0.2, 0) is 14.8 Å². The lowest BCUT2D eigenvalue weighted by molar-refractivity contribution is -0.124. The number of nitrogens with zero attached hydrogens (tertiary/aromatic N) is 2. The standard InChI is InChI=1S/C25H30N4O3S/c1-18(29-15-14-19-6-2-5-9-24(19)29)25(30)26-21-16-28(17-21)22-10-12-23(13-11-22)33(31,32)27-20-7-3-4-8-20/h2,5-6,9-15,18,20-21,27H,3-4,7-8,16-17H2,1H3,(H,26,30)/t18-/m0/s1. The van der Waals surface area contributed by atoms with Gasteiger partial charge in [-0.1, -0.05) is 31.0 Å². The Morgan fingerprint density at radius 1 is 0.970 bits per heavy atom. The fourth-order valence-corrected chi connectivity index (χ4v) is 6.14. The van der Waals surface area contributed by atoms with E-state index < -0.39 is 10.0 Å². The molecule has 2 fully saturated rings. The molecule has 1 saturated heterocycles. The summed E-state index contributed by atoms with van der Waals surface area (Å²) >= 11 is 0. The van der Waals surface area contributed by atoms with Crippen LogP contribution in [0.2, 0.25) is 0 Å². The molecule has 1 aliphatic carbocycles. The molecular weight excluding hydrogens is 436 g/mol. The van der Waals surface area contributed by atoms with Crippen LogP contribution < -0.4 is 14.9 Å². The second kappa shape index (κ2) is 8.83. The number of carbonyl (C=O) groups excluding carboxylic acids is 1. The summed E-state index contributed by atoms with van der Waals surface area (Å²) in [6, 6.07) is 16.9. The van der Waals surface area contributed by atoms with Crippen LogP contribution in [0.3, 0.4) is 0 Å². The van der Waals surface area contributed by atoms with Crippen molar-refractivity contribution < 1.29 is 13.2 Å². The number of nitrogens with one attached hydrogen (secondary N) is 2. The SMILES string of the molecule is C[C@@H](C(=O)NC1CN(c2ccc(S(=O)(=O)NC3CCCC3)cc2)C1)n1ccc2ccccc21. The number of hydrogen-bond acceptors (Lipinski definition) is 4. The summed E-state index contributed by atoms with van der Waals surface area (Å²) in [6.45, 7) is 3.32. The van der Waals surface area contributed by atoms with E-state index in [1.807, 2.05) is 60.2 Å². The van der Waals surface area contributed by atoms with Crippen molar-refractivity contribution in [2.75, 3.05) is 18.0 Å². The van der Waals surface area contributed by atoms with Gasteiger partial charge in [-0.25, -0.2) is 13.1 Å². The molecule has 2 heterocycles. The molecule has 0 unspecified atom stereocenters. The molecule has 1 saturated carbocycles. The third kappa shape index (κ3) is 4.50.